The highest BCUT2D eigenvalue weighted by atomic mass is 16.5. The van der Waals surface area contributed by atoms with Crippen LogP contribution in [0.1, 0.15) is 17.3 Å². The number of hydrogen-bond acceptors (Lipinski definition) is 5. The second-order valence-corrected chi connectivity index (χ2v) is 4.81. The second-order valence-electron chi connectivity index (χ2n) is 4.81. The predicted octanol–water partition coefficient (Wildman–Crippen LogP) is 2.89. The predicted molar refractivity (Wildman–Crippen MR) is 89.5 cm³/mol. The molecule has 0 unspecified atom stereocenters. The van der Waals surface area contributed by atoms with Gasteiger partial charge in [-0.3, -0.25) is 4.79 Å². The minimum absolute atomic E-state index is 0.352. The summed E-state index contributed by atoms with van der Waals surface area (Å²) in [6.07, 6.45) is 0. The Morgan fingerprint density at radius 3 is 2.17 bits per heavy atom. The van der Waals surface area contributed by atoms with Gasteiger partial charge in [-0.2, -0.15) is 0 Å². The molecule has 0 spiro atoms. The van der Waals surface area contributed by atoms with Gasteiger partial charge in [0.1, 0.15) is 11.5 Å². The fourth-order valence-corrected chi connectivity index (χ4v) is 1.94. The normalized spacial score (nSPS) is 9.92. The summed E-state index contributed by atoms with van der Waals surface area (Å²) in [7, 11) is 1.54. The highest BCUT2D eigenvalue weighted by molar-refractivity contribution is 5.95. The Balaban J connectivity index is 1.82. The summed E-state index contributed by atoms with van der Waals surface area (Å²) < 4.78 is 15.3. The molecule has 0 radical (unpaired) electrons. The quantitative estimate of drug-likeness (QED) is 0.791. The molecule has 1 amide bonds. The minimum atomic E-state index is -0.570. The SMILES string of the molecule is CCOc1ccc(NC(=O)COC(=O)c2ccc(OC)cc2)cc1. The maximum Gasteiger partial charge on any atom is 0.338 e. The van der Waals surface area contributed by atoms with Crippen molar-refractivity contribution in [1.82, 2.24) is 0 Å². The second kappa shape index (κ2) is 8.57. The Kier molecular flexibility index (Phi) is 6.19. The molecule has 2 aromatic rings. The zero-order valence-corrected chi connectivity index (χ0v) is 13.6. The number of methoxy groups -OCH3 is 1. The van der Waals surface area contributed by atoms with Crippen LogP contribution in [-0.2, 0) is 9.53 Å². The first-order valence-electron chi connectivity index (χ1n) is 7.46. The van der Waals surface area contributed by atoms with Crippen LogP contribution < -0.4 is 14.8 Å². The maximum absolute atomic E-state index is 11.9. The van der Waals surface area contributed by atoms with E-state index >= 15 is 0 Å². The molecule has 0 saturated carbocycles. The van der Waals surface area contributed by atoms with Crippen molar-refractivity contribution < 1.29 is 23.8 Å². The van der Waals surface area contributed by atoms with Crippen molar-refractivity contribution in [3.05, 3.63) is 54.1 Å². The number of benzene rings is 2. The van der Waals surface area contributed by atoms with Crippen LogP contribution in [0.25, 0.3) is 0 Å². The average Bonchev–Trinajstić information content (AvgIpc) is 2.61. The zero-order chi connectivity index (χ0) is 17.4. The van der Waals surface area contributed by atoms with E-state index in [1.807, 2.05) is 6.92 Å². The van der Waals surface area contributed by atoms with Gasteiger partial charge in [-0.15, -0.1) is 0 Å². The summed E-state index contributed by atoms with van der Waals surface area (Å²) in [4.78, 5) is 23.7. The first-order valence-corrected chi connectivity index (χ1v) is 7.46. The van der Waals surface area contributed by atoms with E-state index in [2.05, 4.69) is 5.32 Å². The highest BCUT2D eigenvalue weighted by Crippen LogP contribution is 2.15. The Bertz CT molecular complexity index is 680. The number of carbonyl (C=O) groups excluding carboxylic acids is 2. The van der Waals surface area contributed by atoms with E-state index in [-0.39, 0.29) is 6.61 Å². The third-order valence-corrected chi connectivity index (χ3v) is 3.11. The van der Waals surface area contributed by atoms with Gasteiger partial charge in [0.2, 0.25) is 0 Å². The van der Waals surface area contributed by atoms with Gasteiger partial charge in [0.25, 0.3) is 5.91 Å². The lowest BCUT2D eigenvalue weighted by Gasteiger charge is -2.08. The molecule has 0 saturated heterocycles. The summed E-state index contributed by atoms with van der Waals surface area (Å²) in [5, 5.41) is 2.64. The topological polar surface area (TPSA) is 73.9 Å². The average molecular weight is 329 g/mol. The van der Waals surface area contributed by atoms with Crippen molar-refractivity contribution in [2.24, 2.45) is 0 Å². The number of nitrogens with one attached hydrogen (secondary N) is 1. The molecule has 2 aromatic carbocycles. The van der Waals surface area contributed by atoms with Crippen LogP contribution in [-0.4, -0.2) is 32.2 Å². The summed E-state index contributed by atoms with van der Waals surface area (Å²) in [6, 6.07) is 13.4. The van der Waals surface area contributed by atoms with Crippen molar-refractivity contribution in [2.75, 3.05) is 25.6 Å². The zero-order valence-electron chi connectivity index (χ0n) is 13.6. The number of carbonyl (C=O) groups is 2. The third-order valence-electron chi connectivity index (χ3n) is 3.11. The molecule has 0 bridgehead atoms. The molecule has 0 atom stereocenters. The summed E-state index contributed by atoms with van der Waals surface area (Å²) in [5.41, 5.74) is 0.952. The number of rotatable bonds is 7. The van der Waals surface area contributed by atoms with Crippen molar-refractivity contribution in [1.29, 1.82) is 0 Å². The minimum Gasteiger partial charge on any atom is -0.497 e. The van der Waals surface area contributed by atoms with E-state index in [4.69, 9.17) is 14.2 Å². The van der Waals surface area contributed by atoms with Gasteiger partial charge in [0.05, 0.1) is 19.3 Å². The highest BCUT2D eigenvalue weighted by Gasteiger charge is 2.10. The summed E-state index contributed by atoms with van der Waals surface area (Å²) >= 11 is 0. The van der Waals surface area contributed by atoms with Crippen LogP contribution in [0.5, 0.6) is 11.5 Å². The number of hydrogen-bond donors (Lipinski definition) is 1. The smallest absolute Gasteiger partial charge is 0.338 e. The van der Waals surface area contributed by atoms with Gasteiger partial charge in [0, 0.05) is 5.69 Å². The van der Waals surface area contributed by atoms with Gasteiger partial charge in [-0.1, -0.05) is 0 Å². The van der Waals surface area contributed by atoms with Crippen molar-refractivity contribution in [3.8, 4) is 11.5 Å². The molecular weight excluding hydrogens is 310 g/mol. The molecule has 6 nitrogen and oxygen atoms in total. The molecule has 0 fully saturated rings. The molecule has 6 heteroatoms. The molecule has 126 valence electrons. The standard InChI is InChI=1S/C18H19NO5/c1-3-23-16-10-6-14(7-11-16)19-17(20)12-24-18(21)13-4-8-15(22-2)9-5-13/h4-11H,3,12H2,1-2H3,(H,19,20). The molecule has 2 rings (SSSR count). The van der Waals surface area contributed by atoms with E-state index in [1.165, 1.54) is 0 Å². The van der Waals surface area contributed by atoms with Crippen molar-refractivity contribution in [3.63, 3.8) is 0 Å². The summed E-state index contributed by atoms with van der Waals surface area (Å²) in [6.45, 7) is 2.11. The largest absolute Gasteiger partial charge is 0.497 e. The third kappa shape index (κ3) is 5.01. The van der Waals surface area contributed by atoms with Gasteiger partial charge in [0.15, 0.2) is 6.61 Å². The molecule has 0 aliphatic rings. The van der Waals surface area contributed by atoms with Crippen LogP contribution in [0.4, 0.5) is 5.69 Å². The fraction of sp³-hybridized carbons (Fsp3) is 0.222. The molecule has 0 aliphatic carbocycles. The fourth-order valence-electron chi connectivity index (χ4n) is 1.94. The first-order chi connectivity index (χ1) is 11.6. The van der Waals surface area contributed by atoms with Gasteiger partial charge in [-0.05, 0) is 55.5 Å². The van der Waals surface area contributed by atoms with Crippen LogP contribution in [0.3, 0.4) is 0 Å². The lowest BCUT2D eigenvalue weighted by atomic mass is 10.2. The monoisotopic (exact) mass is 329 g/mol. The van der Waals surface area contributed by atoms with E-state index in [0.29, 0.717) is 23.6 Å². The molecule has 1 N–H and O–H groups in total. The number of amides is 1. The van der Waals surface area contributed by atoms with Crippen LogP contribution in [0.15, 0.2) is 48.5 Å². The Labute approximate surface area is 140 Å². The van der Waals surface area contributed by atoms with Crippen molar-refractivity contribution in [2.45, 2.75) is 6.92 Å². The Morgan fingerprint density at radius 1 is 0.958 bits per heavy atom. The van der Waals surface area contributed by atoms with Gasteiger partial charge in [-0.25, -0.2) is 4.79 Å². The number of esters is 1. The van der Waals surface area contributed by atoms with E-state index in [1.54, 1.807) is 55.6 Å². The lowest BCUT2D eigenvalue weighted by molar-refractivity contribution is -0.119. The summed E-state index contributed by atoms with van der Waals surface area (Å²) in [5.74, 6) is 0.377. The first kappa shape index (κ1) is 17.3. The maximum atomic E-state index is 11.9. The van der Waals surface area contributed by atoms with E-state index in [9.17, 15) is 9.59 Å². The van der Waals surface area contributed by atoms with E-state index in [0.717, 1.165) is 5.75 Å². The molecule has 0 aliphatic heterocycles. The van der Waals surface area contributed by atoms with Crippen LogP contribution >= 0.6 is 0 Å². The van der Waals surface area contributed by atoms with Crippen LogP contribution in [0.2, 0.25) is 0 Å². The van der Waals surface area contributed by atoms with Gasteiger partial charge >= 0.3 is 5.97 Å². The molecular formula is C18H19NO5. The molecule has 0 aromatic heterocycles. The Morgan fingerprint density at radius 2 is 1.58 bits per heavy atom. The number of ether oxygens (including phenoxy) is 3. The molecule has 0 heterocycles. The lowest BCUT2D eigenvalue weighted by Crippen LogP contribution is -2.20. The van der Waals surface area contributed by atoms with E-state index < -0.39 is 11.9 Å². The van der Waals surface area contributed by atoms with Crippen LogP contribution in [0, 0.1) is 0 Å². The number of anilines is 1. The molecule has 24 heavy (non-hydrogen) atoms. The van der Waals surface area contributed by atoms with Crippen molar-refractivity contribution >= 4 is 17.6 Å². The Hall–Kier alpha value is -3.02. The van der Waals surface area contributed by atoms with Gasteiger partial charge < -0.3 is 19.5 Å².